The zero-order valence-electron chi connectivity index (χ0n) is 9.15. The van der Waals surface area contributed by atoms with Crippen molar-refractivity contribution in [1.29, 1.82) is 0 Å². The molecule has 2 saturated carbocycles. The summed E-state index contributed by atoms with van der Waals surface area (Å²) in [6.07, 6.45) is 8.15. The van der Waals surface area contributed by atoms with Crippen molar-refractivity contribution in [2.75, 3.05) is 0 Å². The first-order chi connectivity index (χ1) is 7.33. The van der Waals surface area contributed by atoms with Gasteiger partial charge in [0.15, 0.2) is 0 Å². The second kappa shape index (κ2) is 3.78. The van der Waals surface area contributed by atoms with E-state index in [2.05, 4.69) is 5.32 Å². The van der Waals surface area contributed by atoms with Gasteiger partial charge in [0.25, 0.3) is 0 Å². The zero-order chi connectivity index (χ0) is 10.3. The molecular formula is C12H20N2O. The van der Waals surface area contributed by atoms with Gasteiger partial charge in [0.2, 0.25) is 0 Å². The first kappa shape index (κ1) is 9.64. The normalized spacial score (nSPS) is 41.1. The monoisotopic (exact) mass is 208 g/mol. The number of fused-ring (bicyclic) bond motifs is 1. The van der Waals surface area contributed by atoms with Crippen LogP contribution in [-0.2, 0) is 0 Å². The van der Waals surface area contributed by atoms with Crippen molar-refractivity contribution >= 4 is 5.84 Å². The molecule has 2 aliphatic carbocycles. The second-order valence-electron chi connectivity index (χ2n) is 5.28. The van der Waals surface area contributed by atoms with Crippen LogP contribution in [0.3, 0.4) is 0 Å². The van der Waals surface area contributed by atoms with E-state index in [-0.39, 0.29) is 6.10 Å². The zero-order valence-corrected chi connectivity index (χ0v) is 9.15. The van der Waals surface area contributed by atoms with Crippen LogP contribution in [0.5, 0.6) is 0 Å². The molecule has 84 valence electrons. The molecule has 1 aliphatic heterocycles. The number of hydrogen-bond donors (Lipinski definition) is 2. The summed E-state index contributed by atoms with van der Waals surface area (Å²) < 4.78 is 0. The topological polar surface area (TPSA) is 44.6 Å². The summed E-state index contributed by atoms with van der Waals surface area (Å²) in [6, 6.07) is 0.897. The number of aliphatic imine (C=N–C) groups is 1. The maximum absolute atomic E-state index is 9.62. The predicted molar refractivity (Wildman–Crippen MR) is 60.0 cm³/mol. The molecule has 0 amide bonds. The molecule has 2 N–H and O–H groups in total. The highest BCUT2D eigenvalue weighted by molar-refractivity contribution is 5.87. The van der Waals surface area contributed by atoms with E-state index in [1.54, 1.807) is 0 Å². The van der Waals surface area contributed by atoms with Crippen LogP contribution in [-0.4, -0.2) is 29.1 Å². The molecule has 3 unspecified atom stereocenters. The fraction of sp³-hybridized carbons (Fsp3) is 0.917. The van der Waals surface area contributed by atoms with E-state index in [1.807, 2.05) is 0 Å². The lowest BCUT2D eigenvalue weighted by Crippen LogP contribution is -2.42. The van der Waals surface area contributed by atoms with Crippen molar-refractivity contribution in [2.45, 2.75) is 63.1 Å². The lowest BCUT2D eigenvalue weighted by atomic mass is 9.89. The van der Waals surface area contributed by atoms with Crippen molar-refractivity contribution in [3.05, 3.63) is 0 Å². The predicted octanol–water partition coefficient (Wildman–Crippen LogP) is 1.46. The van der Waals surface area contributed by atoms with Crippen LogP contribution in [0.2, 0.25) is 0 Å². The van der Waals surface area contributed by atoms with E-state index >= 15 is 0 Å². The lowest BCUT2D eigenvalue weighted by molar-refractivity contribution is 0.112. The number of aliphatic hydroxyl groups is 1. The number of nitrogens with one attached hydrogen (secondary N) is 1. The smallest absolute Gasteiger partial charge is 0.100 e. The van der Waals surface area contributed by atoms with E-state index in [0.29, 0.717) is 18.0 Å². The average molecular weight is 208 g/mol. The molecule has 0 aromatic heterocycles. The highest BCUT2D eigenvalue weighted by Crippen LogP contribution is 2.31. The summed E-state index contributed by atoms with van der Waals surface area (Å²) in [5, 5.41) is 13.2. The lowest BCUT2D eigenvalue weighted by Gasteiger charge is -2.27. The Bertz CT molecular complexity index is 271. The highest BCUT2D eigenvalue weighted by Gasteiger charge is 2.36. The van der Waals surface area contributed by atoms with E-state index in [9.17, 15) is 5.11 Å². The third-order valence-corrected chi connectivity index (χ3v) is 4.17. The molecule has 0 spiro atoms. The Morgan fingerprint density at radius 1 is 1.13 bits per heavy atom. The van der Waals surface area contributed by atoms with Gasteiger partial charge in [-0.3, -0.25) is 4.99 Å². The van der Waals surface area contributed by atoms with Gasteiger partial charge in [-0.25, -0.2) is 0 Å². The van der Waals surface area contributed by atoms with Crippen molar-refractivity contribution in [3.63, 3.8) is 0 Å². The number of hydrogen-bond acceptors (Lipinski definition) is 3. The quantitative estimate of drug-likeness (QED) is 0.685. The first-order valence-electron chi connectivity index (χ1n) is 6.35. The Kier molecular flexibility index (Phi) is 2.43. The Hall–Kier alpha value is -0.570. The van der Waals surface area contributed by atoms with Gasteiger partial charge < -0.3 is 10.4 Å². The van der Waals surface area contributed by atoms with Crippen LogP contribution < -0.4 is 5.32 Å². The van der Waals surface area contributed by atoms with Crippen LogP contribution in [0.1, 0.15) is 44.9 Å². The van der Waals surface area contributed by atoms with Crippen molar-refractivity contribution in [3.8, 4) is 0 Å². The summed E-state index contributed by atoms with van der Waals surface area (Å²) in [6.45, 7) is 0. The van der Waals surface area contributed by atoms with Gasteiger partial charge in [-0.2, -0.15) is 0 Å². The number of aliphatic hydroxyl groups excluding tert-OH is 1. The molecule has 0 saturated heterocycles. The van der Waals surface area contributed by atoms with Crippen LogP contribution in [0, 0.1) is 5.92 Å². The highest BCUT2D eigenvalue weighted by atomic mass is 16.3. The summed E-state index contributed by atoms with van der Waals surface area (Å²) in [5.41, 5.74) is 0. The van der Waals surface area contributed by atoms with Gasteiger partial charge in [0.05, 0.1) is 18.2 Å². The molecule has 3 nitrogen and oxygen atoms in total. The van der Waals surface area contributed by atoms with Crippen molar-refractivity contribution < 1.29 is 5.11 Å². The van der Waals surface area contributed by atoms with Crippen molar-refractivity contribution in [1.82, 2.24) is 5.32 Å². The molecule has 0 radical (unpaired) electrons. The molecule has 3 atom stereocenters. The summed E-state index contributed by atoms with van der Waals surface area (Å²) in [4.78, 5) is 4.82. The largest absolute Gasteiger partial charge is 0.393 e. The maximum Gasteiger partial charge on any atom is 0.100 e. The summed E-state index contributed by atoms with van der Waals surface area (Å²) >= 11 is 0. The number of rotatable bonds is 1. The van der Waals surface area contributed by atoms with E-state index in [0.717, 1.165) is 19.3 Å². The molecule has 0 aromatic rings. The molecular weight excluding hydrogens is 188 g/mol. The standard InChI is InChI=1S/C12H20N2O/c15-9-5-6-10-11(7-9)14-12(13-10)8-3-1-2-4-8/h8-11,15H,1-7H2,(H,13,14). The maximum atomic E-state index is 9.62. The Morgan fingerprint density at radius 2 is 1.93 bits per heavy atom. The van der Waals surface area contributed by atoms with Gasteiger partial charge in [-0.05, 0) is 32.1 Å². The Balaban J connectivity index is 1.68. The van der Waals surface area contributed by atoms with E-state index in [1.165, 1.54) is 31.5 Å². The van der Waals surface area contributed by atoms with Gasteiger partial charge in [-0.15, -0.1) is 0 Å². The van der Waals surface area contributed by atoms with Crippen LogP contribution in [0.15, 0.2) is 4.99 Å². The molecule has 15 heavy (non-hydrogen) atoms. The SMILES string of the molecule is OC1CCC2N=C(C3CCCC3)NC2C1. The van der Waals surface area contributed by atoms with Crippen LogP contribution in [0.25, 0.3) is 0 Å². The minimum Gasteiger partial charge on any atom is -0.393 e. The minimum atomic E-state index is -0.100. The van der Waals surface area contributed by atoms with Gasteiger partial charge in [-0.1, -0.05) is 12.8 Å². The summed E-state index contributed by atoms with van der Waals surface area (Å²) in [5.74, 6) is 1.96. The molecule has 3 heteroatoms. The second-order valence-corrected chi connectivity index (χ2v) is 5.28. The molecule has 1 heterocycles. The minimum absolute atomic E-state index is 0.100. The Labute approximate surface area is 91.0 Å². The van der Waals surface area contributed by atoms with Crippen LogP contribution in [0.4, 0.5) is 0 Å². The van der Waals surface area contributed by atoms with Crippen molar-refractivity contribution in [2.24, 2.45) is 10.9 Å². The summed E-state index contributed by atoms with van der Waals surface area (Å²) in [7, 11) is 0. The van der Waals surface area contributed by atoms with Gasteiger partial charge in [0.1, 0.15) is 5.84 Å². The third-order valence-electron chi connectivity index (χ3n) is 4.17. The van der Waals surface area contributed by atoms with Gasteiger partial charge >= 0.3 is 0 Å². The number of amidine groups is 1. The molecule has 0 bridgehead atoms. The Morgan fingerprint density at radius 3 is 2.73 bits per heavy atom. The third kappa shape index (κ3) is 1.78. The fourth-order valence-electron chi connectivity index (χ4n) is 3.27. The molecule has 0 aromatic carbocycles. The van der Waals surface area contributed by atoms with Crippen LogP contribution >= 0.6 is 0 Å². The van der Waals surface area contributed by atoms with Gasteiger partial charge in [0, 0.05) is 5.92 Å². The fourth-order valence-corrected chi connectivity index (χ4v) is 3.27. The molecule has 3 aliphatic rings. The van der Waals surface area contributed by atoms with E-state index < -0.39 is 0 Å². The number of nitrogens with zero attached hydrogens (tertiary/aromatic N) is 1. The first-order valence-corrected chi connectivity index (χ1v) is 6.35. The molecule has 3 rings (SSSR count). The van der Waals surface area contributed by atoms with E-state index in [4.69, 9.17) is 4.99 Å². The molecule has 2 fully saturated rings. The average Bonchev–Trinajstić information content (AvgIpc) is 2.84.